The first kappa shape index (κ1) is 27.2. The number of hydrogen-bond donors (Lipinski definition) is 2. The van der Waals surface area contributed by atoms with Crippen molar-refractivity contribution in [3.8, 4) is 0 Å². The fourth-order valence-electron chi connectivity index (χ4n) is 5.35. The van der Waals surface area contributed by atoms with E-state index in [0.717, 1.165) is 11.1 Å². The number of fused-ring (bicyclic) bond motifs is 2. The van der Waals surface area contributed by atoms with Crippen LogP contribution in [0.25, 0.3) is 0 Å². The van der Waals surface area contributed by atoms with Crippen molar-refractivity contribution in [1.29, 1.82) is 0 Å². The van der Waals surface area contributed by atoms with Gasteiger partial charge in [-0.05, 0) is 68.0 Å². The molecule has 2 fully saturated rings. The smallest absolute Gasteiger partial charge is 0.296 e. The van der Waals surface area contributed by atoms with Crippen LogP contribution in [0.15, 0.2) is 59.0 Å². The number of hydrogen-bond acceptors (Lipinski definition) is 7. The van der Waals surface area contributed by atoms with Gasteiger partial charge in [-0.3, -0.25) is 23.9 Å². The molecule has 2 amide bonds. The molecule has 9 nitrogen and oxygen atoms in total. The third-order valence-corrected chi connectivity index (χ3v) is 9.03. The van der Waals surface area contributed by atoms with Gasteiger partial charge in [-0.25, -0.2) is 4.39 Å². The van der Waals surface area contributed by atoms with Crippen LogP contribution in [0.1, 0.15) is 36.0 Å². The standard InChI is InChI=1S/C28H30FN3O6S/c1-17-3-6-21(7-4-17)39(36,37)38-16-28-11-9-20(10-12-28)25-31-23(24(33)27(35)32(25)15-28)26(34)30-14-19-5-8-22(29)18(2)13-19/h3-9,13,23,25,31H,10-12,14-16H2,1-2H3,(H,30,34). The summed E-state index contributed by atoms with van der Waals surface area (Å²) in [6.07, 6.45) is 2.90. The highest BCUT2D eigenvalue weighted by Crippen LogP contribution is 2.43. The van der Waals surface area contributed by atoms with Crippen LogP contribution in [0.2, 0.25) is 0 Å². The molecule has 0 radical (unpaired) electrons. The van der Waals surface area contributed by atoms with Crippen molar-refractivity contribution in [2.24, 2.45) is 5.41 Å². The molecule has 3 heterocycles. The molecular formula is C28H30FN3O6S. The number of nitrogens with zero attached hydrogens (tertiary/aromatic N) is 1. The maximum atomic E-state index is 13.5. The molecule has 2 N–H and O–H groups in total. The van der Waals surface area contributed by atoms with Crippen molar-refractivity contribution in [1.82, 2.24) is 15.5 Å². The summed E-state index contributed by atoms with van der Waals surface area (Å²) in [4.78, 5) is 40.6. The van der Waals surface area contributed by atoms with Crippen LogP contribution < -0.4 is 10.6 Å². The van der Waals surface area contributed by atoms with Crippen LogP contribution in [0, 0.1) is 25.1 Å². The number of allylic oxidation sites excluding steroid dienone is 1. The van der Waals surface area contributed by atoms with E-state index < -0.39 is 45.3 Å². The molecule has 1 aliphatic carbocycles. The van der Waals surface area contributed by atoms with E-state index in [1.54, 1.807) is 31.2 Å². The second-order valence-electron chi connectivity index (χ2n) is 10.6. The van der Waals surface area contributed by atoms with E-state index in [2.05, 4.69) is 10.6 Å². The molecule has 4 aliphatic rings. The lowest BCUT2D eigenvalue weighted by atomic mass is 9.77. The minimum Gasteiger partial charge on any atom is -0.350 e. The zero-order valence-corrected chi connectivity index (χ0v) is 22.5. The minimum absolute atomic E-state index is 0.0542. The molecule has 3 unspecified atom stereocenters. The van der Waals surface area contributed by atoms with Crippen LogP contribution in [-0.2, 0) is 35.2 Å². The Hall–Kier alpha value is -3.41. The highest BCUT2D eigenvalue weighted by molar-refractivity contribution is 7.86. The van der Waals surface area contributed by atoms with Crippen molar-refractivity contribution >= 4 is 27.7 Å². The molecule has 206 valence electrons. The predicted molar refractivity (Wildman–Crippen MR) is 139 cm³/mol. The molecule has 2 saturated heterocycles. The predicted octanol–water partition coefficient (Wildman–Crippen LogP) is 2.27. The van der Waals surface area contributed by atoms with E-state index in [1.165, 1.54) is 23.1 Å². The summed E-state index contributed by atoms with van der Waals surface area (Å²) in [6, 6.07) is 9.45. The number of aryl methyl sites for hydroxylation is 2. The fourth-order valence-corrected chi connectivity index (χ4v) is 6.36. The Labute approximate surface area is 226 Å². The Kier molecular flexibility index (Phi) is 7.17. The molecule has 3 atom stereocenters. The van der Waals surface area contributed by atoms with Gasteiger partial charge in [0.05, 0.1) is 11.5 Å². The van der Waals surface area contributed by atoms with Gasteiger partial charge >= 0.3 is 0 Å². The number of ketones is 1. The van der Waals surface area contributed by atoms with Gasteiger partial charge < -0.3 is 10.2 Å². The van der Waals surface area contributed by atoms with Gasteiger partial charge in [0.15, 0.2) is 6.04 Å². The second-order valence-corrected chi connectivity index (χ2v) is 12.2. The number of nitrogens with one attached hydrogen (secondary N) is 2. The lowest BCUT2D eigenvalue weighted by Gasteiger charge is -2.40. The maximum Gasteiger partial charge on any atom is 0.296 e. The summed E-state index contributed by atoms with van der Waals surface area (Å²) in [5, 5.41) is 5.70. The summed E-state index contributed by atoms with van der Waals surface area (Å²) < 4.78 is 44.6. The molecule has 39 heavy (non-hydrogen) atoms. The van der Waals surface area contributed by atoms with Gasteiger partial charge in [0.1, 0.15) is 12.0 Å². The van der Waals surface area contributed by atoms with Gasteiger partial charge in [-0.15, -0.1) is 0 Å². The van der Waals surface area contributed by atoms with E-state index in [0.29, 0.717) is 30.4 Å². The van der Waals surface area contributed by atoms with Crippen molar-refractivity contribution in [2.75, 3.05) is 13.2 Å². The van der Waals surface area contributed by atoms with Gasteiger partial charge in [0.2, 0.25) is 11.7 Å². The number of carbonyl (C=O) groups excluding carboxylic acids is 3. The highest BCUT2D eigenvalue weighted by Gasteiger charge is 2.51. The first-order chi connectivity index (χ1) is 18.5. The van der Waals surface area contributed by atoms with Gasteiger partial charge in [0.25, 0.3) is 16.0 Å². The average molecular weight is 556 g/mol. The first-order valence-corrected chi connectivity index (χ1v) is 14.2. The fraction of sp³-hybridized carbons (Fsp3) is 0.393. The number of Topliss-reactive ketones (excluding diaryl/α,β-unsaturated/α-hetero) is 1. The van der Waals surface area contributed by atoms with E-state index >= 15 is 0 Å². The molecule has 0 aromatic heterocycles. The SMILES string of the molecule is Cc1ccc(S(=O)(=O)OCC23CC=C(CC2)C2NC(C(=O)NCc4ccc(F)c(C)c4)C(=O)C(=O)N2C3)cc1. The molecule has 3 aliphatic heterocycles. The Morgan fingerprint density at radius 2 is 1.92 bits per heavy atom. The third-order valence-electron chi connectivity index (χ3n) is 7.75. The van der Waals surface area contributed by atoms with Crippen molar-refractivity contribution in [3.05, 3.63) is 76.6 Å². The first-order valence-electron chi connectivity index (χ1n) is 12.8. The summed E-state index contributed by atoms with van der Waals surface area (Å²) in [5.41, 5.74) is 2.20. The highest BCUT2D eigenvalue weighted by atomic mass is 32.2. The largest absolute Gasteiger partial charge is 0.350 e. The summed E-state index contributed by atoms with van der Waals surface area (Å²) in [7, 11) is -4.01. The van der Waals surface area contributed by atoms with Crippen LogP contribution in [0.3, 0.4) is 0 Å². The van der Waals surface area contributed by atoms with Crippen LogP contribution >= 0.6 is 0 Å². The van der Waals surface area contributed by atoms with Crippen molar-refractivity contribution in [3.63, 3.8) is 0 Å². The molecule has 2 bridgehead atoms. The van der Waals surface area contributed by atoms with Gasteiger partial charge in [-0.2, -0.15) is 8.42 Å². The average Bonchev–Trinajstić information content (AvgIpc) is 3.17. The lowest BCUT2D eigenvalue weighted by molar-refractivity contribution is -0.154. The van der Waals surface area contributed by atoms with Crippen molar-refractivity contribution in [2.45, 2.75) is 56.8 Å². The van der Waals surface area contributed by atoms with Crippen molar-refractivity contribution < 1.29 is 31.4 Å². The maximum absolute atomic E-state index is 13.5. The van der Waals surface area contributed by atoms with Crippen LogP contribution in [-0.4, -0.2) is 56.3 Å². The van der Waals surface area contributed by atoms with E-state index in [1.807, 2.05) is 13.0 Å². The third kappa shape index (κ3) is 5.39. The second kappa shape index (κ2) is 10.3. The number of carbonyl (C=O) groups is 3. The van der Waals surface area contributed by atoms with E-state index in [-0.39, 0.29) is 30.4 Å². The van der Waals surface area contributed by atoms with Crippen LogP contribution in [0.4, 0.5) is 4.39 Å². The Morgan fingerprint density at radius 1 is 1.18 bits per heavy atom. The van der Waals surface area contributed by atoms with E-state index in [9.17, 15) is 27.2 Å². The van der Waals surface area contributed by atoms with E-state index in [4.69, 9.17) is 4.18 Å². The molecule has 11 heteroatoms. The molecule has 2 aromatic carbocycles. The monoisotopic (exact) mass is 555 g/mol. The topological polar surface area (TPSA) is 122 Å². The van der Waals surface area contributed by atoms with Crippen LogP contribution in [0.5, 0.6) is 0 Å². The number of rotatable bonds is 7. The summed E-state index contributed by atoms with van der Waals surface area (Å²) >= 11 is 0. The summed E-state index contributed by atoms with van der Waals surface area (Å²) in [6.45, 7) is 3.52. The minimum atomic E-state index is -4.01. The molecule has 0 spiro atoms. The normalized spacial score (nSPS) is 24.7. The number of benzene rings is 2. The lowest BCUT2D eigenvalue weighted by Crippen LogP contribution is -2.67. The molecule has 0 saturated carbocycles. The van der Waals surface area contributed by atoms with Gasteiger partial charge in [-0.1, -0.05) is 35.9 Å². The molecule has 2 aromatic rings. The molecule has 6 rings (SSSR count). The Balaban J connectivity index is 1.28. The summed E-state index contributed by atoms with van der Waals surface area (Å²) in [5.74, 6) is -2.68. The quantitative estimate of drug-likeness (QED) is 0.233. The number of halogens is 1. The van der Waals surface area contributed by atoms with Gasteiger partial charge in [0, 0.05) is 18.5 Å². The zero-order valence-electron chi connectivity index (χ0n) is 21.7. The zero-order chi connectivity index (χ0) is 27.9. The molecular weight excluding hydrogens is 525 g/mol. The Morgan fingerprint density at radius 3 is 2.59 bits per heavy atom. The number of amides is 2. The Bertz CT molecular complexity index is 1470.